The van der Waals surface area contributed by atoms with E-state index in [0.717, 1.165) is 53.8 Å². The van der Waals surface area contributed by atoms with Gasteiger partial charge in [-0.1, -0.05) is 12.1 Å². The maximum absolute atomic E-state index is 13.0. The van der Waals surface area contributed by atoms with Gasteiger partial charge in [-0.15, -0.1) is 0 Å². The molecule has 1 fully saturated rings. The van der Waals surface area contributed by atoms with E-state index in [1.165, 1.54) is 0 Å². The molecule has 1 aromatic heterocycles. The molecule has 0 radical (unpaired) electrons. The van der Waals surface area contributed by atoms with Gasteiger partial charge in [-0.05, 0) is 56.5 Å². The number of carbonyl (C=O) groups is 1. The molecule has 3 aromatic rings. The Morgan fingerprint density at radius 3 is 2.52 bits per heavy atom. The predicted octanol–water partition coefficient (Wildman–Crippen LogP) is 4.04. The minimum Gasteiger partial charge on any atom is -0.497 e. The Balaban J connectivity index is 1.42. The van der Waals surface area contributed by atoms with Gasteiger partial charge in [-0.25, -0.2) is 4.98 Å². The highest BCUT2D eigenvalue weighted by Gasteiger charge is 2.26. The van der Waals surface area contributed by atoms with Gasteiger partial charge in [0.15, 0.2) is 0 Å². The van der Waals surface area contributed by atoms with Gasteiger partial charge in [0.25, 0.3) is 5.91 Å². The lowest BCUT2D eigenvalue weighted by Crippen LogP contribution is -2.47. The Kier molecular flexibility index (Phi) is 6.28. The van der Waals surface area contributed by atoms with Crippen LogP contribution in [-0.2, 0) is 6.54 Å². The lowest BCUT2D eigenvalue weighted by atomic mass is 10.0. The maximum atomic E-state index is 13.0. The lowest BCUT2D eigenvalue weighted by molar-refractivity contribution is 0.0615. The summed E-state index contributed by atoms with van der Waals surface area (Å²) in [5.41, 5.74) is 3.85. The zero-order valence-electron chi connectivity index (χ0n) is 18.9. The van der Waals surface area contributed by atoms with Gasteiger partial charge in [-0.3, -0.25) is 4.79 Å². The molecule has 0 unspecified atom stereocenters. The molecule has 0 aliphatic carbocycles. The SMILES string of the molecule is COc1ccc2ncn(Cc3ccc(C(=O)N(C)C4CCN(C(C)C)CC4)cc3)c2c1. The second kappa shape index (κ2) is 9.10. The third kappa shape index (κ3) is 4.59. The molecule has 31 heavy (non-hydrogen) atoms. The van der Waals surface area contributed by atoms with Crippen molar-refractivity contribution in [3.05, 3.63) is 59.9 Å². The first-order chi connectivity index (χ1) is 15.0. The molecule has 1 aliphatic heterocycles. The van der Waals surface area contributed by atoms with Gasteiger partial charge in [0.1, 0.15) is 5.75 Å². The predicted molar refractivity (Wildman–Crippen MR) is 124 cm³/mol. The van der Waals surface area contributed by atoms with Crippen molar-refractivity contribution in [2.75, 3.05) is 27.2 Å². The standard InChI is InChI=1S/C25H32N4O2/c1-18(2)28-13-11-21(12-14-28)27(3)25(30)20-7-5-19(6-8-20)16-29-17-26-23-10-9-22(31-4)15-24(23)29/h5-10,15,17-18,21H,11-14,16H2,1-4H3. The van der Waals surface area contributed by atoms with Crippen molar-refractivity contribution in [2.45, 2.75) is 45.3 Å². The molecule has 2 aromatic carbocycles. The smallest absolute Gasteiger partial charge is 0.253 e. The number of hydrogen-bond donors (Lipinski definition) is 0. The number of rotatable bonds is 6. The van der Waals surface area contributed by atoms with Crippen molar-refractivity contribution in [3.63, 3.8) is 0 Å². The number of ether oxygens (including phenoxy) is 1. The molecule has 1 aliphatic rings. The van der Waals surface area contributed by atoms with E-state index in [4.69, 9.17) is 4.74 Å². The molecule has 6 nitrogen and oxygen atoms in total. The summed E-state index contributed by atoms with van der Waals surface area (Å²) in [6.45, 7) is 7.28. The van der Waals surface area contributed by atoms with E-state index in [1.54, 1.807) is 7.11 Å². The average molecular weight is 421 g/mol. The highest BCUT2D eigenvalue weighted by atomic mass is 16.5. The molecule has 0 saturated carbocycles. The quantitative estimate of drug-likeness (QED) is 0.604. The fourth-order valence-electron chi connectivity index (χ4n) is 4.40. The van der Waals surface area contributed by atoms with Crippen molar-refractivity contribution < 1.29 is 9.53 Å². The summed E-state index contributed by atoms with van der Waals surface area (Å²) in [5, 5.41) is 0. The molecule has 4 rings (SSSR count). The Bertz CT molecular complexity index is 1030. The van der Waals surface area contributed by atoms with E-state index < -0.39 is 0 Å². The Morgan fingerprint density at radius 1 is 1.16 bits per heavy atom. The fraction of sp³-hybridized carbons (Fsp3) is 0.440. The molecule has 0 spiro atoms. The Morgan fingerprint density at radius 2 is 1.87 bits per heavy atom. The van der Waals surface area contributed by atoms with Gasteiger partial charge < -0.3 is 19.1 Å². The van der Waals surface area contributed by atoms with Gasteiger partial charge in [0, 0.05) is 50.4 Å². The minimum atomic E-state index is 0.104. The fourth-order valence-corrected chi connectivity index (χ4v) is 4.40. The number of fused-ring (bicyclic) bond motifs is 1. The zero-order valence-corrected chi connectivity index (χ0v) is 18.9. The number of benzene rings is 2. The van der Waals surface area contributed by atoms with E-state index in [2.05, 4.69) is 28.3 Å². The van der Waals surface area contributed by atoms with Crippen molar-refractivity contribution in [1.29, 1.82) is 0 Å². The van der Waals surface area contributed by atoms with Gasteiger partial charge in [-0.2, -0.15) is 0 Å². The molecule has 164 valence electrons. The van der Waals surface area contributed by atoms with Crippen LogP contribution in [-0.4, -0.2) is 64.6 Å². The minimum absolute atomic E-state index is 0.104. The number of carbonyl (C=O) groups excluding carboxylic acids is 1. The highest BCUT2D eigenvalue weighted by molar-refractivity contribution is 5.94. The monoisotopic (exact) mass is 420 g/mol. The van der Waals surface area contributed by atoms with Crippen LogP contribution < -0.4 is 4.74 Å². The summed E-state index contributed by atoms with van der Waals surface area (Å²) < 4.78 is 7.44. The molecular formula is C25H32N4O2. The number of amides is 1. The third-order valence-electron chi connectivity index (χ3n) is 6.48. The largest absolute Gasteiger partial charge is 0.497 e. The molecular weight excluding hydrogens is 388 g/mol. The summed E-state index contributed by atoms with van der Waals surface area (Å²) in [4.78, 5) is 21.9. The number of likely N-dealkylation sites (tertiary alicyclic amines) is 1. The van der Waals surface area contributed by atoms with Crippen molar-refractivity contribution in [3.8, 4) is 5.75 Å². The zero-order chi connectivity index (χ0) is 22.0. The molecule has 0 bridgehead atoms. The van der Waals surface area contributed by atoms with E-state index >= 15 is 0 Å². The van der Waals surface area contributed by atoms with Crippen LogP contribution in [0, 0.1) is 0 Å². The van der Waals surface area contributed by atoms with Crippen LogP contribution in [0.5, 0.6) is 5.75 Å². The highest BCUT2D eigenvalue weighted by Crippen LogP contribution is 2.22. The van der Waals surface area contributed by atoms with Crippen molar-refractivity contribution in [1.82, 2.24) is 19.4 Å². The molecule has 6 heteroatoms. The first-order valence-corrected chi connectivity index (χ1v) is 11.1. The van der Waals surface area contributed by atoms with Crippen LogP contribution in [0.1, 0.15) is 42.6 Å². The maximum Gasteiger partial charge on any atom is 0.253 e. The second-order valence-corrected chi connectivity index (χ2v) is 8.70. The van der Waals surface area contributed by atoms with Crippen LogP contribution in [0.4, 0.5) is 0 Å². The molecule has 0 N–H and O–H groups in total. The second-order valence-electron chi connectivity index (χ2n) is 8.70. The Labute approximate surface area is 184 Å². The van der Waals surface area contributed by atoms with Gasteiger partial charge in [0.2, 0.25) is 0 Å². The summed E-state index contributed by atoms with van der Waals surface area (Å²) in [7, 11) is 3.61. The lowest BCUT2D eigenvalue weighted by Gasteiger charge is -2.38. The first-order valence-electron chi connectivity index (χ1n) is 11.1. The molecule has 1 saturated heterocycles. The van der Waals surface area contributed by atoms with E-state index in [1.807, 2.05) is 60.7 Å². The Hall–Kier alpha value is -2.86. The molecule has 1 amide bonds. The van der Waals surface area contributed by atoms with Gasteiger partial charge >= 0.3 is 0 Å². The number of imidazole rings is 1. The molecule has 0 atom stereocenters. The summed E-state index contributed by atoms with van der Waals surface area (Å²) >= 11 is 0. The normalized spacial score (nSPS) is 15.5. The first kappa shape index (κ1) is 21.4. The van der Waals surface area contributed by atoms with E-state index in [-0.39, 0.29) is 5.91 Å². The number of hydrogen-bond acceptors (Lipinski definition) is 4. The van der Waals surface area contributed by atoms with Crippen molar-refractivity contribution >= 4 is 16.9 Å². The van der Waals surface area contributed by atoms with Crippen LogP contribution in [0.25, 0.3) is 11.0 Å². The van der Waals surface area contributed by atoms with Gasteiger partial charge in [0.05, 0.1) is 24.5 Å². The summed E-state index contributed by atoms with van der Waals surface area (Å²) in [6, 6.07) is 14.7. The van der Waals surface area contributed by atoms with Crippen LogP contribution >= 0.6 is 0 Å². The summed E-state index contributed by atoms with van der Waals surface area (Å²) in [5.74, 6) is 0.921. The van der Waals surface area contributed by atoms with E-state index in [0.29, 0.717) is 18.6 Å². The summed E-state index contributed by atoms with van der Waals surface area (Å²) in [6.07, 6.45) is 3.92. The average Bonchev–Trinajstić information content (AvgIpc) is 3.20. The van der Waals surface area contributed by atoms with Crippen LogP contribution in [0.15, 0.2) is 48.8 Å². The number of aromatic nitrogens is 2. The third-order valence-corrected chi connectivity index (χ3v) is 6.48. The van der Waals surface area contributed by atoms with Crippen molar-refractivity contribution in [2.24, 2.45) is 0 Å². The van der Waals surface area contributed by atoms with Crippen LogP contribution in [0.2, 0.25) is 0 Å². The van der Waals surface area contributed by atoms with E-state index in [9.17, 15) is 4.79 Å². The number of piperidine rings is 1. The molecule has 2 heterocycles. The number of nitrogens with zero attached hydrogens (tertiary/aromatic N) is 4. The van der Waals surface area contributed by atoms with Crippen LogP contribution in [0.3, 0.4) is 0 Å². The topological polar surface area (TPSA) is 50.6 Å². The number of methoxy groups -OCH3 is 1.